The summed E-state index contributed by atoms with van der Waals surface area (Å²) in [6.07, 6.45) is 0. The fourth-order valence-corrected chi connectivity index (χ4v) is 3.22. The van der Waals surface area contributed by atoms with E-state index in [1.807, 2.05) is 60.7 Å². The van der Waals surface area contributed by atoms with Crippen molar-refractivity contribution in [1.82, 2.24) is 4.98 Å². The van der Waals surface area contributed by atoms with Crippen molar-refractivity contribution >= 4 is 11.6 Å². The number of nitrogens with two attached hydrogens (primary N) is 1. The van der Waals surface area contributed by atoms with Gasteiger partial charge in [-0.05, 0) is 17.7 Å². The molecule has 0 bridgehead atoms. The minimum absolute atomic E-state index is 0.335. The third-order valence-electron chi connectivity index (χ3n) is 4.29. The monoisotopic (exact) mass is 328 g/mol. The number of rotatable bonds is 2. The van der Waals surface area contributed by atoms with Crippen LogP contribution in [-0.2, 0) is 0 Å². The van der Waals surface area contributed by atoms with Crippen molar-refractivity contribution in [3.63, 3.8) is 0 Å². The van der Waals surface area contributed by atoms with Crippen LogP contribution in [0.25, 0.3) is 0 Å². The van der Waals surface area contributed by atoms with Gasteiger partial charge < -0.3 is 10.2 Å². The van der Waals surface area contributed by atoms with Crippen molar-refractivity contribution < 1.29 is 4.42 Å². The smallest absolute Gasteiger partial charge is 0.230 e. The molecule has 0 spiro atoms. The predicted octanol–water partition coefficient (Wildman–Crippen LogP) is 3.96. The fraction of sp³-hybridized carbons (Fsp3) is 0.100. The summed E-state index contributed by atoms with van der Waals surface area (Å²) in [5, 5.41) is 9.82. The number of aromatic nitrogens is 1. The fourth-order valence-electron chi connectivity index (χ4n) is 3.22. The van der Waals surface area contributed by atoms with Crippen LogP contribution in [0.2, 0.25) is 0 Å². The Bertz CT molecular complexity index is 984. The molecule has 4 rings (SSSR count). The Labute approximate surface area is 145 Å². The lowest BCUT2D eigenvalue weighted by Crippen LogP contribution is -2.31. The lowest BCUT2D eigenvalue weighted by atomic mass is 9.86. The zero-order valence-electron chi connectivity index (χ0n) is 13.7. The van der Waals surface area contributed by atoms with Gasteiger partial charge in [-0.25, -0.2) is 4.98 Å². The van der Waals surface area contributed by atoms with Gasteiger partial charge in [0.1, 0.15) is 11.5 Å². The second kappa shape index (κ2) is 5.84. The first-order valence-electron chi connectivity index (χ1n) is 7.98. The molecule has 0 fully saturated rings. The van der Waals surface area contributed by atoms with Crippen LogP contribution in [-0.4, -0.2) is 4.98 Å². The molecular weight excluding hydrogens is 312 g/mol. The molecule has 2 aromatic carbocycles. The molecule has 122 valence electrons. The molecule has 0 radical (unpaired) electrons. The van der Waals surface area contributed by atoms with Gasteiger partial charge in [-0.1, -0.05) is 48.5 Å². The third-order valence-corrected chi connectivity index (χ3v) is 4.29. The Balaban J connectivity index is 1.98. The van der Waals surface area contributed by atoms with Gasteiger partial charge in [0.15, 0.2) is 5.89 Å². The van der Waals surface area contributed by atoms with Gasteiger partial charge in [0.2, 0.25) is 5.88 Å². The van der Waals surface area contributed by atoms with E-state index < -0.39 is 0 Å². The highest BCUT2D eigenvalue weighted by atomic mass is 16.4. The molecule has 1 aromatic heterocycles. The van der Waals surface area contributed by atoms with Crippen LogP contribution in [0.3, 0.4) is 0 Å². The highest BCUT2D eigenvalue weighted by Gasteiger charge is 2.38. The maximum absolute atomic E-state index is 9.82. The van der Waals surface area contributed by atoms with Crippen molar-refractivity contribution in [2.45, 2.75) is 12.8 Å². The van der Waals surface area contributed by atoms with E-state index in [1.165, 1.54) is 0 Å². The Morgan fingerprint density at radius 1 is 1.08 bits per heavy atom. The standard InChI is InChI=1S/C20H16N4O/c1-13-23-18-17(14-8-4-2-5-9-14)16(12-21)19(22)24(20(18)25-13)15-10-6-3-7-11-15/h2-11,17H,22H2,1H3/t17-/m0/s1. The summed E-state index contributed by atoms with van der Waals surface area (Å²) in [7, 11) is 0. The minimum atomic E-state index is -0.335. The number of para-hydroxylation sites is 1. The molecule has 3 aromatic rings. The second-order valence-electron chi connectivity index (χ2n) is 5.85. The maximum Gasteiger partial charge on any atom is 0.230 e. The molecule has 0 unspecified atom stereocenters. The van der Waals surface area contributed by atoms with Crippen LogP contribution in [0.5, 0.6) is 0 Å². The van der Waals surface area contributed by atoms with Gasteiger partial charge in [0.25, 0.3) is 0 Å². The third kappa shape index (κ3) is 2.36. The summed E-state index contributed by atoms with van der Waals surface area (Å²) in [4.78, 5) is 6.33. The largest absolute Gasteiger partial charge is 0.424 e. The van der Waals surface area contributed by atoms with Gasteiger partial charge >= 0.3 is 0 Å². The van der Waals surface area contributed by atoms with Gasteiger partial charge in [0.05, 0.1) is 23.2 Å². The molecule has 2 heterocycles. The molecular formula is C20H16N4O. The van der Waals surface area contributed by atoms with Crippen LogP contribution < -0.4 is 10.6 Å². The number of anilines is 2. The predicted molar refractivity (Wildman–Crippen MR) is 94.9 cm³/mol. The summed E-state index contributed by atoms with van der Waals surface area (Å²) in [6.45, 7) is 1.80. The molecule has 1 atom stereocenters. The summed E-state index contributed by atoms with van der Waals surface area (Å²) in [6, 6.07) is 21.7. The van der Waals surface area contributed by atoms with Crippen LogP contribution in [0, 0.1) is 18.3 Å². The number of aryl methyl sites for hydroxylation is 1. The highest BCUT2D eigenvalue weighted by molar-refractivity contribution is 5.73. The Hall–Kier alpha value is -3.52. The van der Waals surface area contributed by atoms with E-state index in [1.54, 1.807) is 11.8 Å². The SMILES string of the molecule is Cc1nc2c(o1)N(c1ccccc1)C(N)=C(C#N)[C@@H]2c1ccccc1. The van der Waals surface area contributed by atoms with Crippen molar-refractivity contribution in [3.05, 3.63) is 89.2 Å². The molecule has 5 heteroatoms. The van der Waals surface area contributed by atoms with E-state index in [4.69, 9.17) is 10.2 Å². The number of nitriles is 1. The van der Waals surface area contributed by atoms with Crippen molar-refractivity contribution in [2.75, 3.05) is 4.90 Å². The van der Waals surface area contributed by atoms with E-state index in [2.05, 4.69) is 11.1 Å². The lowest BCUT2D eigenvalue weighted by molar-refractivity contribution is 0.522. The molecule has 1 aliphatic heterocycles. The minimum Gasteiger partial charge on any atom is -0.424 e. The number of hydrogen-bond donors (Lipinski definition) is 1. The van der Waals surface area contributed by atoms with Crippen LogP contribution in [0.1, 0.15) is 23.1 Å². The molecule has 0 saturated heterocycles. The van der Waals surface area contributed by atoms with Gasteiger partial charge in [-0.15, -0.1) is 0 Å². The maximum atomic E-state index is 9.82. The first-order chi connectivity index (χ1) is 12.2. The van der Waals surface area contributed by atoms with Crippen molar-refractivity contribution in [1.29, 1.82) is 5.26 Å². The average molecular weight is 328 g/mol. The second-order valence-corrected chi connectivity index (χ2v) is 5.85. The van der Waals surface area contributed by atoms with E-state index in [0.29, 0.717) is 28.9 Å². The number of benzene rings is 2. The number of allylic oxidation sites excluding steroid dienone is 1. The number of hydrogen-bond acceptors (Lipinski definition) is 5. The zero-order valence-corrected chi connectivity index (χ0v) is 13.7. The quantitative estimate of drug-likeness (QED) is 0.770. The number of oxazole rings is 1. The normalized spacial score (nSPS) is 16.5. The van der Waals surface area contributed by atoms with Crippen LogP contribution in [0.15, 0.2) is 76.5 Å². The summed E-state index contributed by atoms with van der Waals surface area (Å²) in [5.74, 6) is 1.14. The van der Waals surface area contributed by atoms with Gasteiger partial charge in [-0.2, -0.15) is 5.26 Å². The van der Waals surface area contributed by atoms with Crippen LogP contribution in [0.4, 0.5) is 11.6 Å². The molecule has 5 nitrogen and oxygen atoms in total. The van der Waals surface area contributed by atoms with Gasteiger partial charge in [0, 0.05) is 6.92 Å². The van der Waals surface area contributed by atoms with E-state index in [9.17, 15) is 5.26 Å². The first kappa shape index (κ1) is 15.0. The van der Waals surface area contributed by atoms with Crippen LogP contribution >= 0.6 is 0 Å². The highest BCUT2D eigenvalue weighted by Crippen LogP contribution is 2.46. The molecule has 0 aliphatic carbocycles. The van der Waals surface area contributed by atoms with Gasteiger partial charge in [-0.3, -0.25) is 4.90 Å². The first-order valence-corrected chi connectivity index (χ1v) is 7.98. The summed E-state index contributed by atoms with van der Waals surface area (Å²) < 4.78 is 5.88. The van der Waals surface area contributed by atoms with E-state index in [0.717, 1.165) is 11.3 Å². The topological polar surface area (TPSA) is 79.1 Å². The number of fused-ring (bicyclic) bond motifs is 1. The van der Waals surface area contributed by atoms with E-state index in [-0.39, 0.29) is 5.92 Å². The lowest BCUT2D eigenvalue weighted by Gasteiger charge is -2.31. The summed E-state index contributed by atoms with van der Waals surface area (Å²) >= 11 is 0. The Morgan fingerprint density at radius 3 is 2.36 bits per heavy atom. The zero-order chi connectivity index (χ0) is 17.4. The Morgan fingerprint density at radius 2 is 1.72 bits per heavy atom. The Kier molecular flexibility index (Phi) is 3.51. The van der Waals surface area contributed by atoms with Crippen molar-refractivity contribution in [3.8, 4) is 6.07 Å². The van der Waals surface area contributed by atoms with Crippen molar-refractivity contribution in [2.24, 2.45) is 5.73 Å². The molecule has 1 aliphatic rings. The number of nitrogens with zero attached hydrogens (tertiary/aromatic N) is 3. The molecule has 2 N–H and O–H groups in total. The molecule has 0 amide bonds. The summed E-state index contributed by atoms with van der Waals surface area (Å²) in [5.41, 5.74) is 9.38. The molecule has 0 saturated carbocycles. The average Bonchev–Trinajstić information content (AvgIpc) is 3.02. The van der Waals surface area contributed by atoms with E-state index >= 15 is 0 Å². The molecule has 25 heavy (non-hydrogen) atoms.